The molecule has 1 aliphatic carbocycles. The van der Waals surface area contributed by atoms with E-state index < -0.39 is 23.6 Å². The number of likely N-dealkylation sites (tertiary alicyclic amines) is 1. The summed E-state index contributed by atoms with van der Waals surface area (Å²) in [6, 6.07) is 5.28. The first kappa shape index (κ1) is 24.6. The summed E-state index contributed by atoms with van der Waals surface area (Å²) in [4.78, 5) is 30.7. The second kappa shape index (κ2) is 10.4. The third kappa shape index (κ3) is 5.94. The number of rotatable bonds is 8. The minimum Gasteiger partial charge on any atom is -0.476 e. The van der Waals surface area contributed by atoms with Crippen molar-refractivity contribution in [2.45, 2.75) is 49.9 Å². The van der Waals surface area contributed by atoms with Gasteiger partial charge in [-0.3, -0.25) is 9.69 Å². The number of carbonyl (C=O) groups excluding carboxylic acids is 1. The SMILES string of the molecule is O=C(NCCNC1CN(C2CCC(c3cnc(C(=O)O)s3)CC2)C1)c1cccc(C(F)(F)F)c1. The fraction of sp³-hybridized carbons (Fsp3) is 0.522. The van der Waals surface area contributed by atoms with Crippen LogP contribution in [0.4, 0.5) is 13.2 Å². The molecule has 1 amide bonds. The van der Waals surface area contributed by atoms with Crippen LogP contribution in [0.25, 0.3) is 0 Å². The molecule has 1 saturated carbocycles. The van der Waals surface area contributed by atoms with Crippen LogP contribution in [0.3, 0.4) is 0 Å². The molecule has 0 radical (unpaired) electrons. The van der Waals surface area contributed by atoms with Crippen molar-refractivity contribution in [2.75, 3.05) is 26.2 Å². The van der Waals surface area contributed by atoms with Crippen LogP contribution in [0, 0.1) is 0 Å². The number of carboxylic acid groups (broad SMARTS) is 1. The number of nitrogens with zero attached hydrogens (tertiary/aromatic N) is 2. The van der Waals surface area contributed by atoms with Crippen molar-refractivity contribution in [3.05, 3.63) is 51.5 Å². The summed E-state index contributed by atoms with van der Waals surface area (Å²) in [5.74, 6) is -1.10. The average Bonchev–Trinajstić information content (AvgIpc) is 3.28. The Balaban J connectivity index is 1.12. The number of hydrogen-bond donors (Lipinski definition) is 3. The molecule has 184 valence electrons. The number of alkyl halides is 3. The number of carboxylic acids is 1. The second-order valence-corrected chi connectivity index (χ2v) is 9.88. The quantitative estimate of drug-likeness (QED) is 0.484. The maximum absolute atomic E-state index is 12.8. The molecular weight excluding hydrogens is 469 g/mol. The van der Waals surface area contributed by atoms with Gasteiger partial charge in [0.05, 0.1) is 5.56 Å². The first-order valence-electron chi connectivity index (χ1n) is 11.3. The molecule has 7 nitrogen and oxygen atoms in total. The molecule has 1 saturated heterocycles. The van der Waals surface area contributed by atoms with Gasteiger partial charge in [0.1, 0.15) is 0 Å². The first-order valence-corrected chi connectivity index (χ1v) is 12.1. The molecule has 0 atom stereocenters. The summed E-state index contributed by atoms with van der Waals surface area (Å²) >= 11 is 1.28. The van der Waals surface area contributed by atoms with Crippen LogP contribution in [0.15, 0.2) is 30.5 Å². The van der Waals surface area contributed by atoms with E-state index in [1.807, 2.05) is 0 Å². The van der Waals surface area contributed by atoms with Gasteiger partial charge in [-0.25, -0.2) is 9.78 Å². The Labute approximate surface area is 199 Å². The minimum atomic E-state index is -4.47. The lowest BCUT2D eigenvalue weighted by atomic mass is 9.83. The Bertz CT molecular complexity index is 1010. The molecule has 0 bridgehead atoms. The van der Waals surface area contributed by atoms with Gasteiger partial charge in [0, 0.05) is 54.9 Å². The van der Waals surface area contributed by atoms with Gasteiger partial charge < -0.3 is 15.7 Å². The van der Waals surface area contributed by atoms with Gasteiger partial charge in [0.25, 0.3) is 5.91 Å². The maximum atomic E-state index is 12.8. The highest BCUT2D eigenvalue weighted by Crippen LogP contribution is 2.38. The fourth-order valence-corrected chi connectivity index (χ4v) is 5.55. The van der Waals surface area contributed by atoms with Crippen molar-refractivity contribution in [1.82, 2.24) is 20.5 Å². The number of hydrogen-bond acceptors (Lipinski definition) is 6. The summed E-state index contributed by atoms with van der Waals surface area (Å²) in [5, 5.41) is 15.2. The number of carbonyl (C=O) groups is 2. The highest BCUT2D eigenvalue weighted by molar-refractivity contribution is 7.13. The molecule has 0 spiro atoms. The monoisotopic (exact) mass is 496 g/mol. The molecule has 2 aromatic rings. The Kier molecular flexibility index (Phi) is 7.54. The number of amides is 1. The number of aromatic carboxylic acids is 1. The van der Waals surface area contributed by atoms with Crippen molar-refractivity contribution in [3.8, 4) is 0 Å². The molecule has 11 heteroatoms. The number of nitrogens with one attached hydrogen (secondary N) is 2. The molecule has 1 aromatic heterocycles. The third-order valence-corrected chi connectivity index (χ3v) is 7.68. The molecule has 2 aliphatic rings. The Hall–Kier alpha value is -2.50. The standard InChI is InChI=1S/C23H27F3N4O3S/c24-23(25,26)16-3-1-2-15(10-16)20(31)28-9-8-27-17-12-30(13-17)18-6-4-14(5-7-18)19-11-29-21(34-19)22(32)33/h1-3,10-11,14,17-18,27H,4-9,12-13H2,(H,28,31)(H,32,33). The molecule has 0 unspecified atom stereocenters. The Morgan fingerprint density at radius 2 is 1.88 bits per heavy atom. The summed E-state index contributed by atoms with van der Waals surface area (Å²) in [6.45, 7) is 2.75. The van der Waals surface area contributed by atoms with Crippen LogP contribution < -0.4 is 10.6 Å². The molecule has 1 aromatic carbocycles. The highest BCUT2D eigenvalue weighted by atomic mass is 32.1. The molecule has 2 fully saturated rings. The van der Waals surface area contributed by atoms with E-state index in [0.29, 0.717) is 31.1 Å². The minimum absolute atomic E-state index is 0.00207. The van der Waals surface area contributed by atoms with E-state index in [1.54, 1.807) is 6.20 Å². The van der Waals surface area contributed by atoms with Crippen LogP contribution in [-0.2, 0) is 6.18 Å². The number of thiazole rings is 1. The zero-order chi connectivity index (χ0) is 24.3. The van der Waals surface area contributed by atoms with Crippen LogP contribution in [0.1, 0.15) is 62.2 Å². The van der Waals surface area contributed by atoms with E-state index in [4.69, 9.17) is 5.11 Å². The van der Waals surface area contributed by atoms with E-state index in [0.717, 1.165) is 55.8 Å². The van der Waals surface area contributed by atoms with Crippen molar-refractivity contribution in [3.63, 3.8) is 0 Å². The zero-order valence-electron chi connectivity index (χ0n) is 18.5. The van der Waals surface area contributed by atoms with E-state index in [9.17, 15) is 22.8 Å². The fourth-order valence-electron chi connectivity index (χ4n) is 4.63. The molecule has 1 aliphatic heterocycles. The van der Waals surface area contributed by atoms with Crippen LogP contribution >= 0.6 is 11.3 Å². The van der Waals surface area contributed by atoms with Gasteiger partial charge >= 0.3 is 12.1 Å². The van der Waals surface area contributed by atoms with Crippen molar-refractivity contribution in [1.29, 1.82) is 0 Å². The maximum Gasteiger partial charge on any atom is 0.416 e. The van der Waals surface area contributed by atoms with Crippen LogP contribution in [0.2, 0.25) is 0 Å². The molecule has 2 heterocycles. The predicted octanol–water partition coefficient (Wildman–Crippen LogP) is 3.59. The number of benzene rings is 1. The van der Waals surface area contributed by atoms with Gasteiger partial charge in [-0.05, 0) is 49.8 Å². The lowest BCUT2D eigenvalue weighted by Gasteiger charge is -2.47. The summed E-state index contributed by atoms with van der Waals surface area (Å²) in [7, 11) is 0. The van der Waals surface area contributed by atoms with E-state index >= 15 is 0 Å². The zero-order valence-corrected chi connectivity index (χ0v) is 19.3. The molecule has 3 N–H and O–H groups in total. The smallest absolute Gasteiger partial charge is 0.416 e. The van der Waals surface area contributed by atoms with E-state index in [1.165, 1.54) is 23.5 Å². The van der Waals surface area contributed by atoms with Gasteiger partial charge in [0.15, 0.2) is 0 Å². The largest absolute Gasteiger partial charge is 0.476 e. The lowest BCUT2D eigenvalue weighted by Crippen LogP contribution is -2.62. The molecule has 34 heavy (non-hydrogen) atoms. The predicted molar refractivity (Wildman–Crippen MR) is 121 cm³/mol. The summed E-state index contributed by atoms with van der Waals surface area (Å²) in [6.07, 6.45) is 1.44. The molecule has 4 rings (SSSR count). The second-order valence-electron chi connectivity index (χ2n) is 8.82. The highest BCUT2D eigenvalue weighted by Gasteiger charge is 2.35. The van der Waals surface area contributed by atoms with Gasteiger partial charge in [-0.2, -0.15) is 13.2 Å². The number of halogens is 3. The first-order chi connectivity index (χ1) is 16.2. The van der Waals surface area contributed by atoms with Gasteiger partial charge in [0.2, 0.25) is 5.01 Å². The van der Waals surface area contributed by atoms with Crippen molar-refractivity contribution < 1.29 is 27.9 Å². The Morgan fingerprint density at radius 3 is 2.53 bits per heavy atom. The van der Waals surface area contributed by atoms with Crippen LogP contribution in [-0.4, -0.2) is 65.1 Å². The van der Waals surface area contributed by atoms with Crippen molar-refractivity contribution in [2.24, 2.45) is 0 Å². The summed E-state index contributed by atoms with van der Waals surface area (Å²) < 4.78 is 38.4. The topological polar surface area (TPSA) is 94.6 Å². The molecular formula is C23H27F3N4O3S. The van der Waals surface area contributed by atoms with E-state index in [-0.39, 0.29) is 10.6 Å². The summed E-state index contributed by atoms with van der Waals surface area (Å²) in [5.41, 5.74) is -0.836. The van der Waals surface area contributed by atoms with Gasteiger partial charge in [-0.1, -0.05) is 6.07 Å². The normalized spacial score (nSPS) is 21.7. The van der Waals surface area contributed by atoms with Crippen molar-refractivity contribution >= 4 is 23.2 Å². The van der Waals surface area contributed by atoms with E-state index in [2.05, 4.69) is 20.5 Å². The average molecular weight is 497 g/mol. The van der Waals surface area contributed by atoms with Crippen LogP contribution in [0.5, 0.6) is 0 Å². The number of aromatic nitrogens is 1. The lowest BCUT2D eigenvalue weighted by molar-refractivity contribution is -0.137. The third-order valence-electron chi connectivity index (χ3n) is 6.53. The van der Waals surface area contributed by atoms with Gasteiger partial charge in [-0.15, -0.1) is 11.3 Å². The Morgan fingerprint density at radius 1 is 1.15 bits per heavy atom.